The van der Waals surface area contributed by atoms with Crippen molar-refractivity contribution in [3.63, 3.8) is 0 Å². The number of phenolic OH excluding ortho intramolecular Hbond substituents is 1. The lowest BCUT2D eigenvalue weighted by atomic mass is 9.87. The Morgan fingerprint density at radius 2 is 1.78 bits per heavy atom. The lowest BCUT2D eigenvalue weighted by Crippen LogP contribution is -2.10. The highest BCUT2D eigenvalue weighted by atomic mass is 16.3. The van der Waals surface area contributed by atoms with Gasteiger partial charge in [-0.15, -0.1) is 0 Å². The molecule has 1 heterocycles. The standard InChI is InChI=1S/C21H21N5O/c1-21(2,3)15-7-9-16(10-8-15)24-20-18(22-4)19(25-26-20)23-13-14-5-11-17(27)12-6-14/h5-13,27H,1-3H3,(H2,24,25,26). The predicted octanol–water partition coefficient (Wildman–Crippen LogP) is 5.46. The van der Waals surface area contributed by atoms with E-state index in [0.29, 0.717) is 17.3 Å². The van der Waals surface area contributed by atoms with Crippen LogP contribution in [0.5, 0.6) is 5.75 Å². The highest BCUT2D eigenvalue weighted by Crippen LogP contribution is 2.35. The molecule has 0 saturated heterocycles. The van der Waals surface area contributed by atoms with Crippen LogP contribution in [0.25, 0.3) is 4.85 Å². The number of hydrogen-bond acceptors (Lipinski definition) is 4. The van der Waals surface area contributed by atoms with Gasteiger partial charge in [0.2, 0.25) is 0 Å². The number of hydrogen-bond donors (Lipinski definition) is 3. The number of benzene rings is 2. The molecule has 0 spiro atoms. The summed E-state index contributed by atoms with van der Waals surface area (Å²) < 4.78 is 0. The summed E-state index contributed by atoms with van der Waals surface area (Å²) in [5.41, 5.74) is 3.32. The average Bonchev–Trinajstić information content (AvgIpc) is 3.02. The number of aromatic amines is 1. The molecule has 0 radical (unpaired) electrons. The molecule has 0 bridgehead atoms. The second-order valence-electron chi connectivity index (χ2n) is 7.18. The Morgan fingerprint density at radius 1 is 1.11 bits per heavy atom. The van der Waals surface area contributed by atoms with Crippen LogP contribution in [-0.2, 0) is 5.41 Å². The number of H-pyrrole nitrogens is 1. The summed E-state index contributed by atoms with van der Waals surface area (Å²) >= 11 is 0. The molecule has 0 fully saturated rings. The van der Waals surface area contributed by atoms with Crippen molar-refractivity contribution in [2.75, 3.05) is 5.32 Å². The van der Waals surface area contributed by atoms with Crippen molar-refractivity contribution in [3.8, 4) is 5.75 Å². The quantitative estimate of drug-likeness (QED) is 0.428. The summed E-state index contributed by atoms with van der Waals surface area (Å²) in [5.74, 6) is 1.01. The molecule has 27 heavy (non-hydrogen) atoms. The molecular formula is C21H21N5O. The number of phenols is 1. The molecule has 3 aromatic rings. The summed E-state index contributed by atoms with van der Waals surface area (Å²) in [6.45, 7) is 14.0. The van der Waals surface area contributed by atoms with Gasteiger partial charge in [0.25, 0.3) is 5.69 Å². The van der Waals surface area contributed by atoms with Gasteiger partial charge in [0.15, 0.2) is 5.82 Å². The van der Waals surface area contributed by atoms with Gasteiger partial charge in [-0.3, -0.25) is 5.10 Å². The van der Waals surface area contributed by atoms with E-state index in [-0.39, 0.29) is 11.2 Å². The van der Waals surface area contributed by atoms with Crippen LogP contribution in [0.15, 0.2) is 53.5 Å². The number of anilines is 2. The third-order valence-electron chi connectivity index (χ3n) is 4.08. The normalized spacial score (nSPS) is 11.5. The number of nitrogens with one attached hydrogen (secondary N) is 2. The van der Waals surface area contributed by atoms with Crippen LogP contribution in [0.3, 0.4) is 0 Å². The van der Waals surface area contributed by atoms with E-state index in [1.165, 1.54) is 5.56 Å². The van der Waals surface area contributed by atoms with Gasteiger partial charge in [-0.05, 0) is 52.9 Å². The largest absolute Gasteiger partial charge is 0.508 e. The van der Waals surface area contributed by atoms with Crippen molar-refractivity contribution in [3.05, 3.63) is 71.1 Å². The Bertz CT molecular complexity index is 987. The van der Waals surface area contributed by atoms with E-state index >= 15 is 0 Å². The first-order valence-electron chi connectivity index (χ1n) is 8.53. The second-order valence-corrected chi connectivity index (χ2v) is 7.18. The number of rotatable bonds is 4. The minimum absolute atomic E-state index is 0.0876. The van der Waals surface area contributed by atoms with E-state index in [9.17, 15) is 5.11 Å². The zero-order valence-electron chi connectivity index (χ0n) is 15.5. The lowest BCUT2D eigenvalue weighted by molar-refractivity contribution is 0.475. The van der Waals surface area contributed by atoms with Crippen LogP contribution in [0.4, 0.5) is 23.0 Å². The predicted molar refractivity (Wildman–Crippen MR) is 109 cm³/mol. The van der Waals surface area contributed by atoms with Gasteiger partial charge >= 0.3 is 0 Å². The summed E-state index contributed by atoms with van der Waals surface area (Å²) in [7, 11) is 0. The van der Waals surface area contributed by atoms with Crippen LogP contribution in [0, 0.1) is 6.57 Å². The minimum Gasteiger partial charge on any atom is -0.508 e. The molecule has 0 aliphatic carbocycles. The van der Waals surface area contributed by atoms with Crippen molar-refractivity contribution in [1.29, 1.82) is 0 Å². The number of aliphatic imine (C=N–C) groups is 1. The van der Waals surface area contributed by atoms with Crippen LogP contribution in [0.1, 0.15) is 31.9 Å². The number of nitrogens with zero attached hydrogens (tertiary/aromatic N) is 3. The average molecular weight is 359 g/mol. The van der Waals surface area contributed by atoms with E-state index in [2.05, 4.69) is 58.3 Å². The Hall–Kier alpha value is -3.59. The van der Waals surface area contributed by atoms with Gasteiger partial charge in [0.05, 0.1) is 6.57 Å². The fraction of sp³-hybridized carbons (Fsp3) is 0.190. The Kier molecular flexibility index (Phi) is 4.95. The molecule has 0 unspecified atom stereocenters. The smallest absolute Gasteiger partial charge is 0.272 e. The fourth-order valence-corrected chi connectivity index (χ4v) is 2.50. The van der Waals surface area contributed by atoms with E-state index in [0.717, 1.165) is 11.3 Å². The van der Waals surface area contributed by atoms with Crippen LogP contribution < -0.4 is 5.32 Å². The molecule has 3 N–H and O–H groups in total. The van der Waals surface area contributed by atoms with E-state index in [1.54, 1.807) is 30.5 Å². The van der Waals surface area contributed by atoms with Crippen molar-refractivity contribution < 1.29 is 5.11 Å². The molecule has 136 valence electrons. The van der Waals surface area contributed by atoms with Crippen LogP contribution >= 0.6 is 0 Å². The number of aromatic hydroxyl groups is 1. The lowest BCUT2D eigenvalue weighted by Gasteiger charge is -2.19. The molecule has 0 saturated carbocycles. The molecule has 1 aromatic heterocycles. The molecule has 0 atom stereocenters. The van der Waals surface area contributed by atoms with Gasteiger partial charge < -0.3 is 10.4 Å². The zero-order chi connectivity index (χ0) is 19.4. The molecular weight excluding hydrogens is 338 g/mol. The van der Waals surface area contributed by atoms with Crippen molar-refractivity contribution in [2.45, 2.75) is 26.2 Å². The third kappa shape index (κ3) is 4.33. The second kappa shape index (κ2) is 7.34. The SMILES string of the molecule is [C-]#[N+]c1c(N=Cc2ccc(O)cc2)n[nH]c1Nc1ccc(C(C)(C)C)cc1. The summed E-state index contributed by atoms with van der Waals surface area (Å²) in [5, 5.41) is 19.5. The maximum absolute atomic E-state index is 9.32. The van der Waals surface area contributed by atoms with E-state index in [1.807, 2.05) is 12.1 Å². The fourth-order valence-electron chi connectivity index (χ4n) is 2.50. The molecule has 0 amide bonds. The highest BCUT2D eigenvalue weighted by Gasteiger charge is 2.15. The maximum atomic E-state index is 9.32. The zero-order valence-corrected chi connectivity index (χ0v) is 15.5. The van der Waals surface area contributed by atoms with E-state index in [4.69, 9.17) is 6.57 Å². The Morgan fingerprint density at radius 3 is 2.37 bits per heavy atom. The van der Waals surface area contributed by atoms with Crippen LogP contribution in [0.2, 0.25) is 0 Å². The highest BCUT2D eigenvalue weighted by molar-refractivity contribution is 5.86. The van der Waals surface area contributed by atoms with Crippen LogP contribution in [-0.4, -0.2) is 21.5 Å². The van der Waals surface area contributed by atoms with Gasteiger partial charge in [0.1, 0.15) is 11.6 Å². The van der Waals surface area contributed by atoms with Crippen molar-refractivity contribution in [2.24, 2.45) is 4.99 Å². The minimum atomic E-state index is 0.0876. The van der Waals surface area contributed by atoms with Crippen molar-refractivity contribution in [1.82, 2.24) is 10.2 Å². The first-order valence-corrected chi connectivity index (χ1v) is 8.53. The molecule has 0 aliphatic heterocycles. The topological polar surface area (TPSA) is 77.7 Å². The summed E-state index contributed by atoms with van der Waals surface area (Å²) in [4.78, 5) is 7.83. The first kappa shape index (κ1) is 18.2. The molecule has 2 aromatic carbocycles. The molecule has 6 heteroatoms. The van der Waals surface area contributed by atoms with E-state index < -0.39 is 0 Å². The maximum Gasteiger partial charge on any atom is 0.272 e. The van der Waals surface area contributed by atoms with Crippen molar-refractivity contribution >= 4 is 29.2 Å². The molecule has 0 aliphatic rings. The van der Waals surface area contributed by atoms with Gasteiger partial charge in [-0.1, -0.05) is 32.9 Å². The molecule has 6 nitrogen and oxygen atoms in total. The third-order valence-corrected chi connectivity index (χ3v) is 4.08. The Balaban J connectivity index is 1.80. The van der Waals surface area contributed by atoms with Gasteiger partial charge in [0, 0.05) is 11.9 Å². The number of aromatic nitrogens is 2. The molecule has 3 rings (SSSR count). The monoisotopic (exact) mass is 359 g/mol. The summed E-state index contributed by atoms with van der Waals surface area (Å²) in [6, 6.07) is 14.7. The van der Waals surface area contributed by atoms with Gasteiger partial charge in [-0.2, -0.15) is 5.10 Å². The Labute approximate surface area is 158 Å². The first-order chi connectivity index (χ1) is 12.9. The van der Waals surface area contributed by atoms with Gasteiger partial charge in [-0.25, -0.2) is 9.84 Å². The summed E-state index contributed by atoms with van der Waals surface area (Å²) in [6.07, 6.45) is 1.60.